The summed E-state index contributed by atoms with van der Waals surface area (Å²) < 4.78 is 0. The highest BCUT2D eigenvalue weighted by Crippen LogP contribution is 2.33. The van der Waals surface area contributed by atoms with Gasteiger partial charge in [-0.05, 0) is 18.2 Å². The zero-order valence-electron chi connectivity index (χ0n) is 13.8. The number of hydrogen-bond donors (Lipinski definition) is 2. The molecule has 2 aromatic carbocycles. The van der Waals surface area contributed by atoms with Gasteiger partial charge >= 0.3 is 5.97 Å². The fourth-order valence-corrected chi connectivity index (χ4v) is 3.13. The normalized spacial score (nSPS) is 12.4. The van der Waals surface area contributed by atoms with Crippen LogP contribution >= 0.6 is 12.4 Å². The number of carbonyl (C=O) groups is 1. The van der Waals surface area contributed by atoms with Crippen LogP contribution in [0.1, 0.15) is 21.6 Å². The Morgan fingerprint density at radius 3 is 2.54 bits per heavy atom. The third-order valence-corrected chi connectivity index (χ3v) is 4.31. The molecule has 0 aliphatic carbocycles. The summed E-state index contributed by atoms with van der Waals surface area (Å²) in [6.45, 7) is 1.19. The van der Waals surface area contributed by atoms with Gasteiger partial charge in [0, 0.05) is 23.4 Å². The van der Waals surface area contributed by atoms with Crippen LogP contribution in [-0.2, 0) is 13.1 Å². The highest BCUT2D eigenvalue weighted by molar-refractivity contribution is 5.89. The minimum Gasteiger partial charge on any atom is -0.478 e. The number of aromatic carboxylic acids is 1. The van der Waals surface area contributed by atoms with E-state index in [1.807, 2.05) is 36.4 Å². The maximum atomic E-state index is 11.2. The van der Waals surface area contributed by atoms with E-state index in [4.69, 9.17) is 5.73 Å². The Bertz CT molecular complexity index is 963. The Morgan fingerprint density at radius 1 is 1.04 bits per heavy atom. The molecule has 1 aliphatic heterocycles. The standard InChI is InChI=1S/C19H16N4O2.ClH/c20-19-21-16-11-23(14-8-4-7-13(9-14)18(24)25)10-15(16)17(22-19)12-5-2-1-3-6-12;/h1-9H,10-11H2,(H,24,25)(H2,20,21,22);1H. The third-order valence-electron chi connectivity index (χ3n) is 4.31. The number of carboxylic acids is 1. The smallest absolute Gasteiger partial charge is 0.335 e. The predicted molar refractivity (Wildman–Crippen MR) is 102 cm³/mol. The number of anilines is 2. The van der Waals surface area contributed by atoms with E-state index in [2.05, 4.69) is 14.9 Å². The molecule has 0 bridgehead atoms. The predicted octanol–water partition coefficient (Wildman–Crippen LogP) is 3.37. The van der Waals surface area contributed by atoms with Crippen LogP contribution in [0.3, 0.4) is 0 Å². The molecule has 7 heteroatoms. The summed E-state index contributed by atoms with van der Waals surface area (Å²) in [6, 6.07) is 16.8. The van der Waals surface area contributed by atoms with Gasteiger partial charge < -0.3 is 15.7 Å². The van der Waals surface area contributed by atoms with E-state index in [-0.39, 0.29) is 23.9 Å². The molecule has 0 saturated heterocycles. The average molecular weight is 369 g/mol. The molecule has 0 spiro atoms. The van der Waals surface area contributed by atoms with Gasteiger partial charge in [-0.1, -0.05) is 36.4 Å². The molecule has 0 fully saturated rings. The molecule has 132 valence electrons. The van der Waals surface area contributed by atoms with Crippen molar-refractivity contribution >= 4 is 30.0 Å². The first kappa shape index (κ1) is 17.7. The number of nitrogens with two attached hydrogens (primary N) is 1. The molecule has 3 aromatic rings. The van der Waals surface area contributed by atoms with E-state index in [0.29, 0.717) is 13.1 Å². The van der Waals surface area contributed by atoms with Crippen molar-refractivity contribution in [2.75, 3.05) is 10.6 Å². The first-order chi connectivity index (χ1) is 12.1. The van der Waals surface area contributed by atoms with Crippen LogP contribution in [0.4, 0.5) is 11.6 Å². The largest absolute Gasteiger partial charge is 0.478 e. The van der Waals surface area contributed by atoms with Crippen LogP contribution in [0.2, 0.25) is 0 Å². The molecule has 4 rings (SSSR count). The molecule has 0 radical (unpaired) electrons. The quantitative estimate of drug-likeness (QED) is 0.736. The second-order valence-electron chi connectivity index (χ2n) is 5.93. The second-order valence-corrected chi connectivity index (χ2v) is 5.93. The number of nitrogens with zero attached hydrogens (tertiary/aromatic N) is 3. The number of fused-ring (bicyclic) bond motifs is 1. The van der Waals surface area contributed by atoms with Gasteiger partial charge in [0.2, 0.25) is 5.95 Å². The Hall–Kier alpha value is -3.12. The molecule has 0 amide bonds. The molecule has 6 nitrogen and oxygen atoms in total. The van der Waals surface area contributed by atoms with E-state index >= 15 is 0 Å². The third kappa shape index (κ3) is 3.19. The molecule has 0 unspecified atom stereocenters. The van der Waals surface area contributed by atoms with E-state index < -0.39 is 5.97 Å². The van der Waals surface area contributed by atoms with Crippen molar-refractivity contribution in [1.82, 2.24) is 9.97 Å². The fourth-order valence-electron chi connectivity index (χ4n) is 3.13. The van der Waals surface area contributed by atoms with Crippen LogP contribution in [0.15, 0.2) is 54.6 Å². The van der Waals surface area contributed by atoms with Crippen LogP contribution in [0, 0.1) is 0 Å². The second kappa shape index (κ2) is 7.01. The summed E-state index contributed by atoms with van der Waals surface area (Å²) in [7, 11) is 0. The van der Waals surface area contributed by atoms with E-state index in [9.17, 15) is 9.90 Å². The maximum Gasteiger partial charge on any atom is 0.335 e. The molecule has 3 N–H and O–H groups in total. The Kier molecular flexibility index (Phi) is 4.77. The Labute approximate surface area is 156 Å². The van der Waals surface area contributed by atoms with E-state index in [1.165, 1.54) is 0 Å². The van der Waals surface area contributed by atoms with Gasteiger partial charge in [-0.3, -0.25) is 0 Å². The minimum atomic E-state index is -0.937. The average Bonchev–Trinajstić information content (AvgIpc) is 3.05. The lowest BCUT2D eigenvalue weighted by Crippen LogP contribution is -2.15. The SMILES string of the molecule is Cl.Nc1nc2c(c(-c3ccccc3)n1)CN(c1cccc(C(=O)O)c1)C2. The van der Waals surface area contributed by atoms with Gasteiger partial charge in [0.05, 0.1) is 23.5 Å². The van der Waals surface area contributed by atoms with E-state index in [1.54, 1.807) is 18.2 Å². The number of carboxylic acid groups (broad SMARTS) is 1. The summed E-state index contributed by atoms with van der Waals surface area (Å²) in [6.07, 6.45) is 0. The van der Waals surface area contributed by atoms with Crippen molar-refractivity contribution < 1.29 is 9.90 Å². The summed E-state index contributed by atoms with van der Waals surface area (Å²) in [5.74, 6) is -0.689. The van der Waals surface area contributed by atoms with Crippen LogP contribution in [0.25, 0.3) is 11.3 Å². The molecule has 0 atom stereocenters. The number of rotatable bonds is 3. The van der Waals surface area contributed by atoms with Crippen molar-refractivity contribution in [2.24, 2.45) is 0 Å². The summed E-state index contributed by atoms with van der Waals surface area (Å²) >= 11 is 0. The number of benzene rings is 2. The highest BCUT2D eigenvalue weighted by atomic mass is 35.5. The number of halogens is 1. The molecular weight excluding hydrogens is 352 g/mol. The lowest BCUT2D eigenvalue weighted by atomic mass is 10.1. The molecular formula is C19H17ClN4O2. The molecule has 0 saturated carbocycles. The van der Waals surface area contributed by atoms with Gasteiger partial charge in [0.25, 0.3) is 0 Å². The van der Waals surface area contributed by atoms with Crippen molar-refractivity contribution in [2.45, 2.75) is 13.1 Å². The topological polar surface area (TPSA) is 92.3 Å². The van der Waals surface area contributed by atoms with Crippen LogP contribution in [0.5, 0.6) is 0 Å². The van der Waals surface area contributed by atoms with Crippen LogP contribution in [-0.4, -0.2) is 21.0 Å². The molecule has 1 aromatic heterocycles. The highest BCUT2D eigenvalue weighted by Gasteiger charge is 2.26. The van der Waals surface area contributed by atoms with Gasteiger partial charge in [0.15, 0.2) is 0 Å². The maximum absolute atomic E-state index is 11.2. The van der Waals surface area contributed by atoms with Gasteiger partial charge in [0.1, 0.15) is 0 Å². The summed E-state index contributed by atoms with van der Waals surface area (Å²) in [4.78, 5) is 22.1. The van der Waals surface area contributed by atoms with Crippen molar-refractivity contribution in [1.29, 1.82) is 0 Å². The van der Waals surface area contributed by atoms with Crippen molar-refractivity contribution in [3.05, 3.63) is 71.4 Å². The zero-order chi connectivity index (χ0) is 17.4. The zero-order valence-corrected chi connectivity index (χ0v) is 14.6. The first-order valence-electron chi connectivity index (χ1n) is 7.91. The molecule has 1 aliphatic rings. The number of nitrogen functional groups attached to an aromatic ring is 1. The van der Waals surface area contributed by atoms with Gasteiger partial charge in [-0.2, -0.15) is 0 Å². The van der Waals surface area contributed by atoms with Gasteiger partial charge in [-0.25, -0.2) is 14.8 Å². The van der Waals surface area contributed by atoms with Gasteiger partial charge in [-0.15, -0.1) is 12.4 Å². The summed E-state index contributed by atoms with van der Waals surface area (Å²) in [5, 5.41) is 9.20. The van der Waals surface area contributed by atoms with Crippen molar-refractivity contribution in [3.8, 4) is 11.3 Å². The lowest BCUT2D eigenvalue weighted by Gasteiger charge is -2.17. The van der Waals surface area contributed by atoms with Crippen LogP contribution < -0.4 is 10.6 Å². The lowest BCUT2D eigenvalue weighted by molar-refractivity contribution is 0.0697. The fraction of sp³-hybridized carbons (Fsp3) is 0.105. The number of hydrogen-bond acceptors (Lipinski definition) is 5. The number of aromatic nitrogens is 2. The summed E-state index contributed by atoms with van der Waals surface area (Å²) in [5.41, 5.74) is 10.7. The Balaban J connectivity index is 0.00000196. The Morgan fingerprint density at radius 2 is 1.81 bits per heavy atom. The van der Waals surface area contributed by atoms with E-state index in [0.717, 1.165) is 28.2 Å². The molecule has 26 heavy (non-hydrogen) atoms. The van der Waals surface area contributed by atoms with Crippen molar-refractivity contribution in [3.63, 3.8) is 0 Å². The first-order valence-corrected chi connectivity index (χ1v) is 7.91. The molecule has 2 heterocycles. The monoisotopic (exact) mass is 368 g/mol. The minimum absolute atomic E-state index is 0.